The zero-order valence-electron chi connectivity index (χ0n) is 28.3. The first-order valence-corrected chi connectivity index (χ1v) is 16.4. The lowest BCUT2D eigenvalue weighted by Crippen LogP contribution is -2.14. The van der Waals surface area contributed by atoms with E-state index in [9.17, 15) is 0 Å². The SMILES string of the molecule is C=C/C=C\C=C\N(C/C=C\C=C1\C=CC=CC1)C(=C)/C=C\C(=C)c1ccc(-c2ccc(N(/C=C/C=C\c3ccccc3)C/C=C\C=C/O)o2)o1. The third-order valence-corrected chi connectivity index (χ3v) is 7.27. The van der Waals surface area contributed by atoms with E-state index in [-0.39, 0.29) is 0 Å². The van der Waals surface area contributed by atoms with Gasteiger partial charge in [-0.2, -0.15) is 0 Å². The van der Waals surface area contributed by atoms with Crippen molar-refractivity contribution in [1.82, 2.24) is 4.90 Å². The smallest absolute Gasteiger partial charge is 0.200 e. The molecule has 0 aliphatic heterocycles. The van der Waals surface area contributed by atoms with Gasteiger partial charge >= 0.3 is 0 Å². The van der Waals surface area contributed by atoms with Crippen molar-refractivity contribution in [1.29, 1.82) is 0 Å². The Balaban J connectivity index is 1.42. The van der Waals surface area contributed by atoms with E-state index in [4.69, 9.17) is 13.9 Å². The number of anilines is 1. The molecule has 0 spiro atoms. The first-order chi connectivity index (χ1) is 24.6. The molecular weight excluding hydrogens is 617 g/mol. The number of rotatable bonds is 18. The largest absolute Gasteiger partial charge is 0.516 e. The summed E-state index contributed by atoms with van der Waals surface area (Å²) in [6.45, 7) is 13.4. The van der Waals surface area contributed by atoms with E-state index < -0.39 is 0 Å². The monoisotopic (exact) mass is 660 g/mol. The van der Waals surface area contributed by atoms with E-state index >= 15 is 0 Å². The molecule has 0 amide bonds. The van der Waals surface area contributed by atoms with Gasteiger partial charge in [0, 0.05) is 42.8 Å². The van der Waals surface area contributed by atoms with Crippen LogP contribution >= 0.6 is 0 Å². The van der Waals surface area contributed by atoms with Crippen LogP contribution in [-0.2, 0) is 0 Å². The predicted octanol–water partition coefficient (Wildman–Crippen LogP) is 11.8. The van der Waals surface area contributed by atoms with Gasteiger partial charge in [0.15, 0.2) is 11.5 Å². The van der Waals surface area contributed by atoms with Gasteiger partial charge in [0.1, 0.15) is 5.76 Å². The molecule has 2 aromatic heterocycles. The van der Waals surface area contributed by atoms with Crippen molar-refractivity contribution < 1.29 is 13.9 Å². The first kappa shape index (κ1) is 36.4. The van der Waals surface area contributed by atoms with E-state index in [1.165, 1.54) is 5.57 Å². The van der Waals surface area contributed by atoms with Crippen LogP contribution in [0.25, 0.3) is 23.2 Å². The number of nitrogens with zero attached hydrogens (tertiary/aromatic N) is 2. The maximum absolute atomic E-state index is 8.98. The minimum atomic E-state index is 0.529. The van der Waals surface area contributed by atoms with Gasteiger partial charge in [0.25, 0.3) is 0 Å². The normalized spacial score (nSPS) is 14.4. The average Bonchev–Trinajstić information content (AvgIpc) is 3.84. The zero-order valence-corrected chi connectivity index (χ0v) is 28.3. The van der Waals surface area contributed by atoms with Gasteiger partial charge in [0.2, 0.25) is 5.88 Å². The summed E-state index contributed by atoms with van der Waals surface area (Å²) >= 11 is 0. The van der Waals surface area contributed by atoms with Crippen molar-refractivity contribution in [2.75, 3.05) is 18.0 Å². The number of furan rings is 2. The topological polar surface area (TPSA) is 53.0 Å². The third-order valence-electron chi connectivity index (χ3n) is 7.27. The molecule has 4 rings (SSSR count). The molecular formula is C45H44N2O3. The molecule has 0 radical (unpaired) electrons. The summed E-state index contributed by atoms with van der Waals surface area (Å²) in [5.41, 5.74) is 3.88. The van der Waals surface area contributed by atoms with Crippen LogP contribution < -0.4 is 4.90 Å². The molecule has 1 aliphatic rings. The highest BCUT2D eigenvalue weighted by Crippen LogP contribution is 2.31. The maximum atomic E-state index is 8.98. The lowest BCUT2D eigenvalue weighted by molar-refractivity contribution is 0.473. The van der Waals surface area contributed by atoms with Gasteiger partial charge in [-0.15, -0.1) is 0 Å². The van der Waals surface area contributed by atoms with Crippen molar-refractivity contribution in [3.05, 3.63) is 225 Å². The second kappa shape index (κ2) is 20.7. The number of hydrogen-bond acceptors (Lipinski definition) is 5. The van der Waals surface area contributed by atoms with Gasteiger partial charge in [-0.3, -0.25) is 0 Å². The Hall–Kier alpha value is -6.46. The molecule has 5 heteroatoms. The van der Waals surface area contributed by atoms with Gasteiger partial charge in [-0.05, 0) is 66.1 Å². The molecule has 252 valence electrons. The Labute approximate surface area is 296 Å². The van der Waals surface area contributed by atoms with Crippen LogP contribution in [0.15, 0.2) is 222 Å². The van der Waals surface area contributed by atoms with Gasteiger partial charge in [-0.1, -0.05) is 135 Å². The second-order valence-electron chi connectivity index (χ2n) is 11.0. The van der Waals surface area contributed by atoms with Crippen LogP contribution in [0.2, 0.25) is 0 Å². The molecule has 1 aromatic carbocycles. The summed E-state index contributed by atoms with van der Waals surface area (Å²) in [4.78, 5) is 4.01. The highest BCUT2D eigenvalue weighted by atomic mass is 16.4. The Morgan fingerprint density at radius 2 is 1.56 bits per heavy atom. The first-order valence-electron chi connectivity index (χ1n) is 16.4. The van der Waals surface area contributed by atoms with Gasteiger partial charge < -0.3 is 23.7 Å². The van der Waals surface area contributed by atoms with E-state index in [1.54, 1.807) is 18.2 Å². The van der Waals surface area contributed by atoms with Crippen LogP contribution in [0, 0.1) is 0 Å². The molecule has 0 saturated heterocycles. The quantitative estimate of drug-likeness (QED) is 0.109. The van der Waals surface area contributed by atoms with Crippen LogP contribution in [-0.4, -0.2) is 23.1 Å². The molecule has 0 atom stereocenters. The van der Waals surface area contributed by atoms with E-state index in [0.29, 0.717) is 41.8 Å². The lowest BCUT2D eigenvalue weighted by atomic mass is 10.1. The number of hydrogen-bond donors (Lipinski definition) is 1. The summed E-state index contributed by atoms with van der Waals surface area (Å²) < 4.78 is 12.4. The number of aliphatic hydroxyl groups excluding tert-OH is 1. The number of benzene rings is 1. The molecule has 3 aromatic rings. The van der Waals surface area contributed by atoms with Crippen molar-refractivity contribution >= 4 is 17.5 Å². The molecule has 0 unspecified atom stereocenters. The molecule has 0 saturated carbocycles. The number of allylic oxidation sites excluding steroid dienone is 18. The fourth-order valence-corrected chi connectivity index (χ4v) is 4.63. The molecule has 50 heavy (non-hydrogen) atoms. The zero-order chi connectivity index (χ0) is 35.2. The minimum Gasteiger partial charge on any atom is -0.516 e. The second-order valence-corrected chi connectivity index (χ2v) is 11.0. The van der Waals surface area contributed by atoms with E-state index in [1.807, 2.05) is 131 Å². The van der Waals surface area contributed by atoms with Crippen LogP contribution in [0.3, 0.4) is 0 Å². The van der Waals surface area contributed by atoms with Gasteiger partial charge in [0.05, 0.1) is 6.26 Å². The van der Waals surface area contributed by atoms with Crippen LogP contribution in [0.1, 0.15) is 17.7 Å². The van der Waals surface area contributed by atoms with Crippen molar-refractivity contribution in [3.63, 3.8) is 0 Å². The van der Waals surface area contributed by atoms with Crippen LogP contribution in [0.4, 0.5) is 5.88 Å². The Bertz CT molecular complexity index is 1890. The fourth-order valence-electron chi connectivity index (χ4n) is 4.63. The molecule has 5 nitrogen and oxygen atoms in total. The van der Waals surface area contributed by atoms with Gasteiger partial charge in [-0.25, -0.2) is 0 Å². The Morgan fingerprint density at radius 1 is 0.760 bits per heavy atom. The van der Waals surface area contributed by atoms with Crippen molar-refractivity contribution in [2.24, 2.45) is 0 Å². The van der Waals surface area contributed by atoms with Crippen molar-refractivity contribution in [2.45, 2.75) is 6.42 Å². The Morgan fingerprint density at radius 3 is 2.36 bits per heavy atom. The number of aliphatic hydroxyl groups is 1. The maximum Gasteiger partial charge on any atom is 0.200 e. The Kier molecular flexibility index (Phi) is 15.1. The summed E-state index contributed by atoms with van der Waals surface area (Å²) in [5, 5.41) is 8.98. The summed E-state index contributed by atoms with van der Waals surface area (Å²) in [6.07, 6.45) is 43.1. The van der Waals surface area contributed by atoms with E-state index in [0.717, 1.165) is 23.9 Å². The molecule has 0 bridgehead atoms. The molecule has 1 N–H and O–H groups in total. The summed E-state index contributed by atoms with van der Waals surface area (Å²) in [7, 11) is 0. The summed E-state index contributed by atoms with van der Waals surface area (Å²) in [5.74, 6) is 2.45. The standard InChI is InChI=1S/C45H44N2O3/c1-4-5-6-16-33-46(34-18-14-25-40-21-10-7-11-22-40)39(3)28-27-38(2)42-29-30-43(49-42)44-31-32-45(50-44)47(35-17-9-20-37-48)36-19-15-26-41-23-12-8-13-24-41/h4-21,23-33,36-37,48H,1-3,22,34-35H2/b6-5-,17-9-,18-14-,26-15-,28-27-,33-16+,36-19+,37-20-,40-25-. The molecule has 2 heterocycles. The highest BCUT2D eigenvalue weighted by molar-refractivity contribution is 5.71. The minimum absolute atomic E-state index is 0.529. The molecule has 1 aliphatic carbocycles. The molecule has 0 fully saturated rings. The average molecular weight is 661 g/mol. The third kappa shape index (κ3) is 12.3. The predicted molar refractivity (Wildman–Crippen MR) is 212 cm³/mol. The lowest BCUT2D eigenvalue weighted by Gasteiger charge is -2.18. The highest BCUT2D eigenvalue weighted by Gasteiger charge is 2.13. The van der Waals surface area contributed by atoms with E-state index in [2.05, 4.69) is 62.3 Å². The van der Waals surface area contributed by atoms with Crippen LogP contribution in [0.5, 0.6) is 0 Å². The van der Waals surface area contributed by atoms with Crippen molar-refractivity contribution in [3.8, 4) is 11.5 Å². The summed E-state index contributed by atoms with van der Waals surface area (Å²) in [6, 6.07) is 17.6. The fraction of sp³-hybridized carbons (Fsp3) is 0.0667.